The Kier molecular flexibility index (Phi) is 5.65. The maximum absolute atomic E-state index is 12.3. The molecule has 1 aliphatic rings. The van der Waals surface area contributed by atoms with Crippen LogP contribution in [0.2, 0.25) is 0 Å². The third kappa shape index (κ3) is 4.35. The molecule has 1 saturated heterocycles. The molecule has 5 nitrogen and oxygen atoms in total. The van der Waals surface area contributed by atoms with E-state index in [9.17, 15) is 14.7 Å². The van der Waals surface area contributed by atoms with E-state index in [1.165, 1.54) is 0 Å². The van der Waals surface area contributed by atoms with E-state index >= 15 is 0 Å². The van der Waals surface area contributed by atoms with Gasteiger partial charge in [0.15, 0.2) is 0 Å². The molecular weight excluding hydrogens is 304 g/mol. The lowest BCUT2D eigenvalue weighted by Crippen LogP contribution is -2.52. The van der Waals surface area contributed by atoms with E-state index < -0.39 is 6.10 Å². The molecule has 0 saturated carbocycles. The van der Waals surface area contributed by atoms with Crippen molar-refractivity contribution in [3.05, 3.63) is 35.4 Å². The van der Waals surface area contributed by atoms with Crippen LogP contribution in [0.4, 0.5) is 0 Å². The Hall–Kier alpha value is -1.88. The number of piperidine rings is 1. The van der Waals surface area contributed by atoms with E-state index in [-0.39, 0.29) is 29.8 Å². The summed E-state index contributed by atoms with van der Waals surface area (Å²) in [6, 6.07) is 7.26. The molecule has 0 unspecified atom stereocenters. The van der Waals surface area contributed by atoms with Crippen LogP contribution in [0.1, 0.15) is 56.5 Å². The first-order chi connectivity index (χ1) is 11.2. The predicted octanol–water partition coefficient (Wildman–Crippen LogP) is 2.09. The first-order valence-corrected chi connectivity index (χ1v) is 8.56. The van der Waals surface area contributed by atoms with Crippen LogP contribution in [0.3, 0.4) is 0 Å². The van der Waals surface area contributed by atoms with Crippen LogP contribution in [0.5, 0.6) is 0 Å². The van der Waals surface area contributed by atoms with E-state index in [0.717, 1.165) is 18.4 Å². The molecule has 5 heteroatoms. The number of nitrogens with one attached hydrogen (secondary N) is 1. The fourth-order valence-corrected chi connectivity index (χ4v) is 2.96. The summed E-state index contributed by atoms with van der Waals surface area (Å²) < 4.78 is 0. The van der Waals surface area contributed by atoms with E-state index in [4.69, 9.17) is 0 Å². The minimum atomic E-state index is -0.483. The second-order valence-electron chi connectivity index (χ2n) is 7.55. The first-order valence-electron chi connectivity index (χ1n) is 8.56. The zero-order valence-electron chi connectivity index (χ0n) is 15.0. The van der Waals surface area contributed by atoms with Crippen molar-refractivity contribution in [3.63, 3.8) is 0 Å². The average molecular weight is 332 g/mol. The van der Waals surface area contributed by atoms with E-state index in [1.54, 1.807) is 17.0 Å². The number of likely N-dealkylation sites (tertiary alicyclic amines) is 1. The SMILES string of the molecule is C[C@H]1[C@@H](O)CCCN1C(=O)CNC(=O)c1ccc(C(C)(C)C)cc1. The highest BCUT2D eigenvalue weighted by molar-refractivity contribution is 5.96. The monoisotopic (exact) mass is 332 g/mol. The summed E-state index contributed by atoms with van der Waals surface area (Å²) in [5.74, 6) is -0.407. The van der Waals surface area contributed by atoms with E-state index in [0.29, 0.717) is 12.1 Å². The molecule has 132 valence electrons. The van der Waals surface area contributed by atoms with Gasteiger partial charge in [-0.3, -0.25) is 9.59 Å². The molecule has 0 spiro atoms. The normalized spacial score (nSPS) is 21.5. The summed E-state index contributed by atoms with van der Waals surface area (Å²) >= 11 is 0. The first kappa shape index (κ1) is 18.5. The van der Waals surface area contributed by atoms with Crippen molar-refractivity contribution in [2.75, 3.05) is 13.1 Å². The van der Waals surface area contributed by atoms with Gasteiger partial charge in [0.1, 0.15) is 0 Å². The highest BCUT2D eigenvalue weighted by Crippen LogP contribution is 2.22. The molecule has 2 rings (SSSR count). The van der Waals surface area contributed by atoms with Gasteiger partial charge in [-0.2, -0.15) is 0 Å². The molecule has 2 atom stereocenters. The molecule has 24 heavy (non-hydrogen) atoms. The highest BCUT2D eigenvalue weighted by Gasteiger charge is 2.29. The maximum Gasteiger partial charge on any atom is 0.251 e. The van der Waals surface area contributed by atoms with Gasteiger partial charge in [0.05, 0.1) is 18.7 Å². The fraction of sp³-hybridized carbons (Fsp3) is 0.579. The number of aliphatic hydroxyl groups excluding tert-OH is 1. The second kappa shape index (κ2) is 7.34. The van der Waals surface area contributed by atoms with Gasteiger partial charge in [0.25, 0.3) is 5.91 Å². The molecule has 0 aromatic heterocycles. The van der Waals surface area contributed by atoms with Crippen molar-refractivity contribution in [2.45, 2.75) is 58.1 Å². The van der Waals surface area contributed by atoms with Gasteiger partial charge in [0, 0.05) is 12.1 Å². The van der Waals surface area contributed by atoms with Crippen LogP contribution < -0.4 is 5.32 Å². The van der Waals surface area contributed by atoms with Gasteiger partial charge in [-0.1, -0.05) is 32.9 Å². The van der Waals surface area contributed by atoms with Crippen LogP contribution in [-0.2, 0) is 10.2 Å². The van der Waals surface area contributed by atoms with Crippen molar-refractivity contribution in [2.24, 2.45) is 0 Å². The fourth-order valence-electron chi connectivity index (χ4n) is 2.96. The Labute approximate surface area is 144 Å². The zero-order valence-corrected chi connectivity index (χ0v) is 15.0. The summed E-state index contributed by atoms with van der Waals surface area (Å²) in [6.07, 6.45) is 1.03. The molecule has 1 aromatic carbocycles. The van der Waals surface area contributed by atoms with Crippen molar-refractivity contribution in [3.8, 4) is 0 Å². The lowest BCUT2D eigenvalue weighted by atomic mass is 9.87. The molecule has 1 aromatic rings. The van der Waals surface area contributed by atoms with Crippen LogP contribution in [0.15, 0.2) is 24.3 Å². The highest BCUT2D eigenvalue weighted by atomic mass is 16.3. The van der Waals surface area contributed by atoms with E-state index in [1.807, 2.05) is 19.1 Å². The number of carbonyl (C=O) groups is 2. The summed E-state index contributed by atoms with van der Waals surface area (Å²) in [4.78, 5) is 26.1. The molecule has 0 aliphatic carbocycles. The average Bonchev–Trinajstić information content (AvgIpc) is 2.54. The summed E-state index contributed by atoms with van der Waals surface area (Å²) in [6.45, 7) is 8.79. The Bertz CT molecular complexity index is 590. The second-order valence-corrected chi connectivity index (χ2v) is 7.55. The van der Waals surface area contributed by atoms with E-state index in [2.05, 4.69) is 26.1 Å². The minimum Gasteiger partial charge on any atom is -0.391 e. The summed E-state index contributed by atoms with van der Waals surface area (Å²) in [5.41, 5.74) is 1.74. The van der Waals surface area contributed by atoms with Crippen LogP contribution in [0.25, 0.3) is 0 Å². The lowest BCUT2D eigenvalue weighted by molar-refractivity contribution is -0.136. The Morgan fingerprint density at radius 3 is 2.46 bits per heavy atom. The summed E-state index contributed by atoms with van der Waals surface area (Å²) in [7, 11) is 0. The topological polar surface area (TPSA) is 69.6 Å². The van der Waals surface area contributed by atoms with Gasteiger partial charge in [-0.25, -0.2) is 0 Å². The van der Waals surface area contributed by atoms with Crippen LogP contribution >= 0.6 is 0 Å². The van der Waals surface area contributed by atoms with Crippen LogP contribution in [-0.4, -0.2) is 47.1 Å². The molecule has 0 bridgehead atoms. The largest absolute Gasteiger partial charge is 0.391 e. The van der Waals surface area contributed by atoms with Gasteiger partial charge < -0.3 is 15.3 Å². The van der Waals surface area contributed by atoms with Crippen molar-refractivity contribution < 1.29 is 14.7 Å². The predicted molar refractivity (Wildman–Crippen MR) is 93.9 cm³/mol. The Balaban J connectivity index is 1.92. The molecule has 1 heterocycles. The minimum absolute atomic E-state index is 0.0379. The Morgan fingerprint density at radius 1 is 1.25 bits per heavy atom. The van der Waals surface area contributed by atoms with Crippen molar-refractivity contribution in [1.82, 2.24) is 10.2 Å². The van der Waals surface area contributed by atoms with Crippen molar-refractivity contribution >= 4 is 11.8 Å². The van der Waals surface area contributed by atoms with Gasteiger partial charge in [0.2, 0.25) is 5.91 Å². The number of benzene rings is 1. The number of aliphatic hydroxyl groups is 1. The molecule has 2 amide bonds. The number of amides is 2. The third-order valence-electron chi connectivity index (χ3n) is 4.68. The van der Waals surface area contributed by atoms with Gasteiger partial charge in [-0.05, 0) is 42.9 Å². The summed E-state index contributed by atoms with van der Waals surface area (Å²) in [5, 5.41) is 12.5. The third-order valence-corrected chi connectivity index (χ3v) is 4.68. The number of carbonyl (C=O) groups excluding carboxylic acids is 2. The van der Waals surface area contributed by atoms with Gasteiger partial charge >= 0.3 is 0 Å². The van der Waals surface area contributed by atoms with Gasteiger partial charge in [-0.15, -0.1) is 0 Å². The molecule has 0 radical (unpaired) electrons. The maximum atomic E-state index is 12.3. The molecule has 1 fully saturated rings. The zero-order chi connectivity index (χ0) is 17.9. The quantitative estimate of drug-likeness (QED) is 0.890. The lowest BCUT2D eigenvalue weighted by Gasteiger charge is -2.37. The number of hydrogen-bond acceptors (Lipinski definition) is 3. The molecule has 1 aliphatic heterocycles. The molecule has 2 N–H and O–H groups in total. The standard InChI is InChI=1S/C19H28N2O3/c1-13-16(22)6-5-11-21(13)17(23)12-20-18(24)14-7-9-15(10-8-14)19(2,3)4/h7-10,13,16,22H,5-6,11-12H2,1-4H3,(H,20,24)/t13-,16-/m0/s1. The number of hydrogen-bond donors (Lipinski definition) is 2. The smallest absolute Gasteiger partial charge is 0.251 e. The van der Waals surface area contributed by atoms with Crippen LogP contribution in [0, 0.1) is 0 Å². The number of nitrogens with zero attached hydrogens (tertiary/aromatic N) is 1. The Morgan fingerprint density at radius 2 is 1.88 bits per heavy atom. The van der Waals surface area contributed by atoms with Crippen molar-refractivity contribution in [1.29, 1.82) is 0 Å². The molecular formula is C19H28N2O3. The number of rotatable bonds is 3.